The van der Waals surface area contributed by atoms with Gasteiger partial charge in [-0.25, -0.2) is 0 Å². The van der Waals surface area contributed by atoms with Gasteiger partial charge >= 0.3 is 176 Å². The van der Waals surface area contributed by atoms with Crippen LogP contribution in [0.4, 0.5) is 0 Å². The van der Waals surface area contributed by atoms with E-state index in [2.05, 4.69) is 71.6 Å². The van der Waals surface area contributed by atoms with Crippen LogP contribution in [0.2, 0.25) is 33.0 Å². The Morgan fingerprint density at radius 3 is 1.74 bits per heavy atom. The number of hydrogen-bond donors (Lipinski definition) is 0. The van der Waals surface area contributed by atoms with Crippen molar-refractivity contribution >= 4 is 26.7 Å². The van der Waals surface area contributed by atoms with Crippen molar-refractivity contribution in [2.24, 2.45) is 0 Å². The molecule has 0 amide bonds. The summed E-state index contributed by atoms with van der Waals surface area (Å²) in [5.41, 5.74) is 2.98. The Balaban J connectivity index is 3.28. The molecular formula is C24H46OSiSn. The van der Waals surface area contributed by atoms with Crippen LogP contribution in [-0.4, -0.2) is 30.8 Å². The SMILES string of the molecule is CCC[CH2][Sn]([CH2]CCC)([CH2]CCC)[CH](Cc1ccccc1C)O[Si](C)(C)C. The molecule has 0 aliphatic heterocycles. The van der Waals surface area contributed by atoms with E-state index in [0.717, 1.165) is 0 Å². The number of unbranched alkanes of at least 4 members (excludes halogenated alkanes) is 3. The molecule has 1 atom stereocenters. The standard InChI is InChI=1S/C12H19OSi.3C4H9.Sn/c1-11-7-5-6-8-12(11)9-10-13-14(2,3)4;3*1-3-4-2;/h5-8,10H,9H2,1-4H3;3*1,3-4H2,2H3;. The normalized spacial score (nSPS) is 13.7. The first kappa shape index (κ1) is 25.2. The number of rotatable bonds is 14. The molecule has 1 nitrogen and oxygen atoms in total. The van der Waals surface area contributed by atoms with Gasteiger partial charge in [0, 0.05) is 0 Å². The van der Waals surface area contributed by atoms with Crippen molar-refractivity contribution in [3.05, 3.63) is 35.4 Å². The quantitative estimate of drug-likeness (QED) is 0.236. The molecule has 0 saturated carbocycles. The van der Waals surface area contributed by atoms with Crippen LogP contribution in [0, 0.1) is 6.92 Å². The van der Waals surface area contributed by atoms with E-state index >= 15 is 0 Å². The van der Waals surface area contributed by atoms with E-state index in [0.29, 0.717) is 4.12 Å². The van der Waals surface area contributed by atoms with Gasteiger partial charge < -0.3 is 0 Å². The zero-order valence-corrected chi connectivity index (χ0v) is 23.2. The van der Waals surface area contributed by atoms with Crippen LogP contribution >= 0.6 is 0 Å². The van der Waals surface area contributed by atoms with Crippen molar-refractivity contribution in [3.8, 4) is 0 Å². The molecule has 156 valence electrons. The van der Waals surface area contributed by atoms with Crippen molar-refractivity contribution in [3.63, 3.8) is 0 Å². The van der Waals surface area contributed by atoms with Gasteiger partial charge in [0.25, 0.3) is 0 Å². The zero-order chi connectivity index (χ0) is 20.3. The van der Waals surface area contributed by atoms with Crippen molar-refractivity contribution in [1.82, 2.24) is 0 Å². The molecule has 0 heterocycles. The monoisotopic (exact) mass is 498 g/mol. The van der Waals surface area contributed by atoms with Gasteiger partial charge in [0.15, 0.2) is 0 Å². The molecule has 0 N–H and O–H groups in total. The van der Waals surface area contributed by atoms with Crippen LogP contribution in [0.5, 0.6) is 0 Å². The van der Waals surface area contributed by atoms with Crippen LogP contribution in [0.3, 0.4) is 0 Å². The summed E-state index contributed by atoms with van der Waals surface area (Å²) < 4.78 is 12.3. The first-order valence-electron chi connectivity index (χ1n) is 11.5. The van der Waals surface area contributed by atoms with Gasteiger partial charge in [-0.3, -0.25) is 0 Å². The van der Waals surface area contributed by atoms with E-state index in [-0.39, 0.29) is 0 Å². The molecule has 1 rings (SSSR count). The maximum atomic E-state index is 7.09. The average molecular weight is 497 g/mol. The molecule has 0 aliphatic carbocycles. The van der Waals surface area contributed by atoms with Crippen LogP contribution in [0.15, 0.2) is 24.3 Å². The van der Waals surface area contributed by atoms with E-state index in [1.807, 2.05) is 0 Å². The Bertz CT molecular complexity index is 502. The zero-order valence-electron chi connectivity index (χ0n) is 19.4. The number of benzene rings is 1. The summed E-state index contributed by atoms with van der Waals surface area (Å²) in [6.45, 7) is 16.6. The minimum absolute atomic E-state index is 0.566. The van der Waals surface area contributed by atoms with E-state index < -0.39 is 26.7 Å². The Morgan fingerprint density at radius 2 is 1.33 bits per heavy atom. The van der Waals surface area contributed by atoms with Gasteiger partial charge in [-0.2, -0.15) is 0 Å². The van der Waals surface area contributed by atoms with E-state index in [4.69, 9.17) is 4.43 Å². The molecule has 1 unspecified atom stereocenters. The van der Waals surface area contributed by atoms with E-state index in [1.165, 1.54) is 69.4 Å². The van der Waals surface area contributed by atoms with Gasteiger partial charge in [0.05, 0.1) is 0 Å². The Hall–Kier alpha value is 0.196. The van der Waals surface area contributed by atoms with Gasteiger partial charge in [-0.05, 0) is 0 Å². The van der Waals surface area contributed by atoms with Crippen molar-refractivity contribution in [2.45, 2.75) is 110 Å². The second kappa shape index (κ2) is 12.7. The number of hydrogen-bond acceptors (Lipinski definition) is 1. The van der Waals surface area contributed by atoms with Crippen LogP contribution < -0.4 is 0 Å². The fourth-order valence-electron chi connectivity index (χ4n) is 4.29. The predicted octanol–water partition coefficient (Wildman–Crippen LogP) is 8.15. The Morgan fingerprint density at radius 1 is 0.852 bits per heavy atom. The van der Waals surface area contributed by atoms with Crippen molar-refractivity contribution in [1.29, 1.82) is 0 Å². The summed E-state index contributed by atoms with van der Waals surface area (Å²) in [6, 6.07) is 9.03. The molecule has 1 aromatic carbocycles. The average Bonchev–Trinajstić information content (AvgIpc) is 2.61. The van der Waals surface area contributed by atoms with E-state index in [1.54, 1.807) is 0 Å². The summed E-state index contributed by atoms with van der Waals surface area (Å²) in [5, 5.41) is 0. The van der Waals surface area contributed by atoms with Crippen LogP contribution in [0.1, 0.15) is 70.4 Å². The Kier molecular flexibility index (Phi) is 11.9. The third-order valence-corrected chi connectivity index (χ3v) is 24.0. The first-order chi connectivity index (χ1) is 12.8. The summed E-state index contributed by atoms with van der Waals surface area (Å²) in [4.78, 5) is 0. The molecule has 0 fully saturated rings. The third kappa shape index (κ3) is 9.04. The van der Waals surface area contributed by atoms with Gasteiger partial charge in [0.1, 0.15) is 0 Å². The molecule has 3 heteroatoms. The summed E-state index contributed by atoms with van der Waals surface area (Å²) in [7, 11) is -1.57. The molecule has 1 aromatic rings. The Labute approximate surface area is 175 Å². The van der Waals surface area contributed by atoms with Gasteiger partial charge in [-0.1, -0.05) is 0 Å². The molecule has 0 aliphatic rings. The van der Waals surface area contributed by atoms with Crippen LogP contribution in [-0.2, 0) is 10.8 Å². The number of aryl methyl sites for hydroxylation is 1. The summed E-state index contributed by atoms with van der Waals surface area (Å²) >= 11 is -2.43. The van der Waals surface area contributed by atoms with E-state index in [9.17, 15) is 0 Å². The third-order valence-electron chi connectivity index (χ3n) is 5.93. The van der Waals surface area contributed by atoms with Crippen molar-refractivity contribution in [2.75, 3.05) is 0 Å². The second-order valence-electron chi connectivity index (χ2n) is 9.52. The second-order valence-corrected chi connectivity index (χ2v) is 27.9. The molecular weight excluding hydrogens is 451 g/mol. The van der Waals surface area contributed by atoms with Crippen molar-refractivity contribution < 1.29 is 4.43 Å². The molecule has 0 bridgehead atoms. The first-order valence-corrected chi connectivity index (χ1v) is 22.6. The minimum atomic E-state index is -2.43. The molecule has 0 aromatic heterocycles. The maximum absolute atomic E-state index is 7.09. The molecule has 0 radical (unpaired) electrons. The molecule has 27 heavy (non-hydrogen) atoms. The summed E-state index contributed by atoms with van der Waals surface area (Å²) in [6.07, 6.45) is 9.43. The molecule has 0 spiro atoms. The fraction of sp³-hybridized carbons (Fsp3) is 0.750. The van der Waals surface area contributed by atoms with Gasteiger partial charge in [-0.15, -0.1) is 0 Å². The fourth-order valence-corrected chi connectivity index (χ4v) is 26.5. The van der Waals surface area contributed by atoms with Gasteiger partial charge in [0.2, 0.25) is 0 Å². The topological polar surface area (TPSA) is 9.23 Å². The van der Waals surface area contributed by atoms with Crippen LogP contribution in [0.25, 0.3) is 0 Å². The molecule has 0 saturated heterocycles. The summed E-state index contributed by atoms with van der Waals surface area (Å²) in [5.74, 6) is 0. The predicted molar refractivity (Wildman–Crippen MR) is 128 cm³/mol.